The van der Waals surface area contributed by atoms with Crippen molar-refractivity contribution < 1.29 is 27.8 Å². The molecule has 3 unspecified atom stereocenters. The molecule has 0 aromatic heterocycles. The molecule has 3 atom stereocenters. The summed E-state index contributed by atoms with van der Waals surface area (Å²) in [4.78, 5) is 11.7. The van der Waals surface area contributed by atoms with Crippen LogP contribution in [0.25, 0.3) is 0 Å². The van der Waals surface area contributed by atoms with Gasteiger partial charge in [0.15, 0.2) is 11.5 Å². The van der Waals surface area contributed by atoms with E-state index in [0.717, 1.165) is 25.7 Å². The van der Waals surface area contributed by atoms with Crippen molar-refractivity contribution in [3.63, 3.8) is 0 Å². The van der Waals surface area contributed by atoms with Gasteiger partial charge in [0.25, 0.3) is 0 Å². The Hall–Kier alpha value is -1.80. The summed E-state index contributed by atoms with van der Waals surface area (Å²) in [7, 11) is -3.91. The molecule has 4 rings (SSSR count). The Morgan fingerprint density at radius 3 is 2.71 bits per heavy atom. The highest BCUT2D eigenvalue weighted by Crippen LogP contribution is 2.44. The average molecular weight is 353 g/mol. The second-order valence-electron chi connectivity index (χ2n) is 6.55. The molecule has 130 valence electrons. The molecule has 0 bridgehead atoms. The molecule has 1 aromatic rings. The van der Waals surface area contributed by atoms with Gasteiger partial charge in [-0.2, -0.15) is 4.31 Å². The van der Waals surface area contributed by atoms with E-state index in [1.54, 1.807) is 6.07 Å². The monoisotopic (exact) mass is 353 g/mol. The number of carboxylic acids is 1. The normalized spacial score (nSPS) is 29.4. The SMILES string of the molecule is O=C(O)C1CC2CCCCC2N1S(=O)(=O)c1ccc2c(c1)OCO2. The van der Waals surface area contributed by atoms with Crippen molar-refractivity contribution in [3.05, 3.63) is 18.2 Å². The number of ether oxygens (including phenoxy) is 2. The minimum absolute atomic E-state index is 0.0595. The molecule has 1 aromatic carbocycles. The molecule has 2 aliphatic heterocycles. The van der Waals surface area contributed by atoms with Crippen LogP contribution in [0.3, 0.4) is 0 Å². The number of aliphatic carboxylic acids is 1. The molecule has 0 amide bonds. The van der Waals surface area contributed by atoms with Crippen LogP contribution in [0, 0.1) is 5.92 Å². The first-order valence-corrected chi connectivity index (χ1v) is 9.58. The van der Waals surface area contributed by atoms with Gasteiger partial charge in [0.2, 0.25) is 16.8 Å². The largest absolute Gasteiger partial charge is 0.480 e. The molecule has 1 N–H and O–H groups in total. The van der Waals surface area contributed by atoms with E-state index in [0.29, 0.717) is 17.9 Å². The van der Waals surface area contributed by atoms with Crippen molar-refractivity contribution in [1.82, 2.24) is 4.31 Å². The van der Waals surface area contributed by atoms with Crippen LogP contribution in [0.1, 0.15) is 32.1 Å². The van der Waals surface area contributed by atoms with E-state index < -0.39 is 22.0 Å². The quantitative estimate of drug-likeness (QED) is 0.891. The van der Waals surface area contributed by atoms with Crippen molar-refractivity contribution in [1.29, 1.82) is 0 Å². The first kappa shape index (κ1) is 15.7. The smallest absolute Gasteiger partial charge is 0.322 e. The minimum Gasteiger partial charge on any atom is -0.480 e. The van der Waals surface area contributed by atoms with Crippen LogP contribution in [0.5, 0.6) is 11.5 Å². The van der Waals surface area contributed by atoms with Gasteiger partial charge < -0.3 is 14.6 Å². The van der Waals surface area contributed by atoms with Gasteiger partial charge in [-0.05, 0) is 37.3 Å². The first-order chi connectivity index (χ1) is 11.5. The second kappa shape index (κ2) is 5.63. The number of carbonyl (C=O) groups is 1. The standard InChI is InChI=1S/C16H19NO6S/c18-16(19)13-7-10-3-1-2-4-12(10)17(13)24(20,21)11-5-6-14-15(8-11)23-9-22-14/h5-6,8,10,12-13H,1-4,7,9H2,(H,18,19). The van der Waals surface area contributed by atoms with E-state index in [1.807, 2.05) is 0 Å². The van der Waals surface area contributed by atoms with E-state index in [9.17, 15) is 18.3 Å². The summed E-state index contributed by atoms with van der Waals surface area (Å²) in [6.07, 6.45) is 3.97. The van der Waals surface area contributed by atoms with Gasteiger partial charge in [0.1, 0.15) is 6.04 Å². The van der Waals surface area contributed by atoms with Crippen molar-refractivity contribution in [3.8, 4) is 11.5 Å². The van der Waals surface area contributed by atoms with Crippen LogP contribution in [0.15, 0.2) is 23.1 Å². The van der Waals surface area contributed by atoms with Crippen molar-refractivity contribution >= 4 is 16.0 Å². The second-order valence-corrected chi connectivity index (χ2v) is 8.39. The van der Waals surface area contributed by atoms with Gasteiger partial charge in [-0.15, -0.1) is 0 Å². The Morgan fingerprint density at radius 2 is 1.92 bits per heavy atom. The predicted octanol–water partition coefficient (Wildman–Crippen LogP) is 1.82. The maximum atomic E-state index is 13.2. The fraction of sp³-hybridized carbons (Fsp3) is 0.562. The summed E-state index contributed by atoms with van der Waals surface area (Å²) < 4.78 is 38.0. The highest BCUT2D eigenvalue weighted by Gasteiger charge is 2.51. The number of rotatable bonds is 3. The molecule has 2 heterocycles. The van der Waals surface area contributed by atoms with Crippen molar-refractivity contribution in [2.45, 2.75) is 49.1 Å². The molecule has 1 aliphatic carbocycles. The zero-order valence-corrected chi connectivity index (χ0v) is 13.9. The molecule has 0 spiro atoms. The number of hydrogen-bond donors (Lipinski definition) is 1. The lowest BCUT2D eigenvalue weighted by Crippen LogP contribution is -2.46. The molecule has 24 heavy (non-hydrogen) atoms. The fourth-order valence-corrected chi connectivity index (χ4v) is 6.02. The molecule has 1 saturated carbocycles. The summed E-state index contributed by atoms with van der Waals surface area (Å²) in [5, 5.41) is 9.54. The Labute approximate surface area is 140 Å². The summed E-state index contributed by atoms with van der Waals surface area (Å²) >= 11 is 0. The van der Waals surface area contributed by atoms with Gasteiger partial charge >= 0.3 is 5.97 Å². The number of benzene rings is 1. The fourth-order valence-electron chi connectivity index (χ4n) is 4.13. The summed E-state index contributed by atoms with van der Waals surface area (Å²) in [5.74, 6) is -0.0691. The van der Waals surface area contributed by atoms with Crippen molar-refractivity contribution in [2.75, 3.05) is 6.79 Å². The number of sulfonamides is 1. The Morgan fingerprint density at radius 1 is 1.17 bits per heavy atom. The zero-order valence-electron chi connectivity index (χ0n) is 13.1. The summed E-state index contributed by atoms with van der Waals surface area (Å²) in [6, 6.07) is 3.22. The lowest BCUT2D eigenvalue weighted by atomic mass is 9.85. The lowest BCUT2D eigenvalue weighted by molar-refractivity contribution is -0.141. The molecule has 8 heteroatoms. The topological polar surface area (TPSA) is 93.1 Å². The molecule has 1 saturated heterocycles. The van der Waals surface area contributed by atoms with Crippen LogP contribution in [-0.4, -0.2) is 42.7 Å². The van der Waals surface area contributed by atoms with E-state index >= 15 is 0 Å². The number of hydrogen-bond acceptors (Lipinski definition) is 5. The third kappa shape index (κ3) is 2.36. The molecule has 7 nitrogen and oxygen atoms in total. The maximum Gasteiger partial charge on any atom is 0.322 e. The first-order valence-electron chi connectivity index (χ1n) is 8.14. The number of carboxylic acid groups (broad SMARTS) is 1. The number of nitrogens with zero attached hydrogens (tertiary/aromatic N) is 1. The third-order valence-corrected chi connectivity index (χ3v) is 7.16. The molecular formula is C16H19NO6S. The van der Waals surface area contributed by atoms with Crippen LogP contribution in [0.4, 0.5) is 0 Å². The van der Waals surface area contributed by atoms with Gasteiger partial charge in [-0.1, -0.05) is 12.8 Å². The molecule has 2 fully saturated rings. The maximum absolute atomic E-state index is 13.2. The van der Waals surface area contributed by atoms with Gasteiger partial charge in [0, 0.05) is 12.1 Å². The molecular weight excluding hydrogens is 334 g/mol. The lowest BCUT2D eigenvalue weighted by Gasteiger charge is -2.32. The van der Waals surface area contributed by atoms with Crippen LogP contribution in [-0.2, 0) is 14.8 Å². The van der Waals surface area contributed by atoms with Crippen LogP contribution >= 0.6 is 0 Å². The highest BCUT2D eigenvalue weighted by atomic mass is 32.2. The van der Waals surface area contributed by atoms with Gasteiger partial charge in [-0.25, -0.2) is 8.42 Å². The summed E-state index contributed by atoms with van der Waals surface area (Å²) in [6.45, 7) is 0.0605. The molecule has 0 radical (unpaired) electrons. The highest BCUT2D eigenvalue weighted by molar-refractivity contribution is 7.89. The average Bonchev–Trinajstić information content (AvgIpc) is 3.18. The van der Waals surface area contributed by atoms with Crippen molar-refractivity contribution in [2.24, 2.45) is 5.92 Å². The predicted molar refractivity (Wildman–Crippen MR) is 83.4 cm³/mol. The van der Waals surface area contributed by atoms with Crippen LogP contribution in [0.2, 0.25) is 0 Å². The Bertz CT molecular complexity index is 777. The minimum atomic E-state index is -3.91. The van der Waals surface area contributed by atoms with E-state index in [-0.39, 0.29) is 23.6 Å². The Kier molecular flexibility index (Phi) is 3.69. The summed E-state index contributed by atoms with van der Waals surface area (Å²) in [5.41, 5.74) is 0. The van der Waals surface area contributed by atoms with Gasteiger partial charge in [0.05, 0.1) is 4.90 Å². The third-order valence-electron chi connectivity index (χ3n) is 5.23. The number of fused-ring (bicyclic) bond motifs is 2. The van der Waals surface area contributed by atoms with E-state index in [1.165, 1.54) is 16.4 Å². The van der Waals surface area contributed by atoms with Gasteiger partial charge in [-0.3, -0.25) is 4.79 Å². The zero-order chi connectivity index (χ0) is 16.9. The Balaban J connectivity index is 1.74. The van der Waals surface area contributed by atoms with E-state index in [4.69, 9.17) is 9.47 Å². The van der Waals surface area contributed by atoms with E-state index in [2.05, 4.69) is 0 Å². The molecule has 3 aliphatic rings. The van der Waals surface area contributed by atoms with Crippen LogP contribution < -0.4 is 9.47 Å².